The molecule has 0 aromatic heterocycles. The fraction of sp³-hybridized carbons (Fsp3) is 0.438. The van der Waals surface area contributed by atoms with Gasteiger partial charge in [-0.15, -0.1) is 0 Å². The van der Waals surface area contributed by atoms with Crippen LogP contribution in [0.3, 0.4) is 0 Å². The van der Waals surface area contributed by atoms with E-state index in [1.165, 1.54) is 0 Å². The molecule has 1 aliphatic rings. The minimum absolute atomic E-state index is 0.0993. The van der Waals surface area contributed by atoms with E-state index >= 15 is 0 Å². The lowest BCUT2D eigenvalue weighted by atomic mass is 10.2. The van der Waals surface area contributed by atoms with Crippen LogP contribution in [0.25, 0.3) is 0 Å². The van der Waals surface area contributed by atoms with Crippen molar-refractivity contribution in [2.24, 2.45) is 0 Å². The van der Waals surface area contributed by atoms with Gasteiger partial charge < -0.3 is 14.4 Å². The van der Waals surface area contributed by atoms with Gasteiger partial charge in [0.05, 0.1) is 19.6 Å². The van der Waals surface area contributed by atoms with Gasteiger partial charge in [0.25, 0.3) is 5.91 Å². The molecule has 1 heterocycles. The number of benzene rings is 1. The van der Waals surface area contributed by atoms with E-state index in [9.17, 15) is 14.4 Å². The lowest BCUT2D eigenvalue weighted by Gasteiger charge is -2.26. The molecule has 22 heavy (non-hydrogen) atoms. The molecule has 1 amide bonds. The summed E-state index contributed by atoms with van der Waals surface area (Å²) in [5, 5.41) is 0. The average Bonchev–Trinajstić information content (AvgIpc) is 2.66. The summed E-state index contributed by atoms with van der Waals surface area (Å²) in [6, 6.07) is 8.43. The van der Waals surface area contributed by atoms with E-state index in [-0.39, 0.29) is 32.9 Å². The molecule has 1 saturated heterocycles. The summed E-state index contributed by atoms with van der Waals surface area (Å²) >= 11 is 0. The van der Waals surface area contributed by atoms with Crippen LogP contribution >= 0.6 is 0 Å². The monoisotopic (exact) mass is 310 g/mol. The number of ketones is 1. The minimum Gasteiger partial charge on any atom is -0.461 e. The Bertz CT molecular complexity index is 674. The van der Waals surface area contributed by atoms with Gasteiger partial charge in [-0.3, -0.25) is 14.4 Å². The first-order valence-corrected chi connectivity index (χ1v) is 6.80. The van der Waals surface area contributed by atoms with Crippen LogP contribution in [0, 0.1) is 0 Å². The number of carbonyl (C=O) groups is 3. The van der Waals surface area contributed by atoms with Crippen LogP contribution in [0.5, 0.6) is 0 Å². The second-order valence-electron chi connectivity index (χ2n) is 4.55. The summed E-state index contributed by atoms with van der Waals surface area (Å²) in [5.74, 6) is -4.35. The molecule has 6 nitrogen and oxygen atoms in total. The molecular formula is C16H19NO5. The van der Waals surface area contributed by atoms with Crippen LogP contribution in [0.4, 0.5) is 0 Å². The molecule has 0 atom stereocenters. The first-order valence-electron chi connectivity index (χ1n) is 8.80. The molecule has 0 aliphatic carbocycles. The molecular weight excluding hydrogens is 287 g/mol. The van der Waals surface area contributed by atoms with Crippen molar-refractivity contribution in [3.8, 4) is 0 Å². The van der Waals surface area contributed by atoms with Crippen molar-refractivity contribution in [1.29, 1.82) is 0 Å². The summed E-state index contributed by atoms with van der Waals surface area (Å²) in [4.78, 5) is 37.5. The van der Waals surface area contributed by atoms with Crippen molar-refractivity contribution in [1.82, 2.24) is 4.90 Å². The molecule has 0 unspecified atom stereocenters. The predicted octanol–water partition coefficient (Wildman–Crippen LogP) is 0.938. The predicted molar refractivity (Wildman–Crippen MR) is 77.9 cm³/mol. The number of ether oxygens (including phenoxy) is 2. The van der Waals surface area contributed by atoms with Crippen molar-refractivity contribution in [2.75, 3.05) is 26.3 Å². The number of hydrogen-bond acceptors (Lipinski definition) is 5. The van der Waals surface area contributed by atoms with Crippen LogP contribution in [-0.2, 0) is 30.5 Å². The standard InChI is InChI=1S/C16H19NO5/c18-14(16(20)17-8-10-21-11-9-17)6-7-15(19)22-12-13-4-2-1-3-5-13/h1-5H,6-12H2/i6D2,7D2,16+1. The molecule has 1 fully saturated rings. The smallest absolute Gasteiger partial charge is 0.306 e. The van der Waals surface area contributed by atoms with Crippen molar-refractivity contribution < 1.29 is 29.3 Å². The second-order valence-corrected chi connectivity index (χ2v) is 4.55. The third kappa shape index (κ3) is 4.96. The third-order valence-electron chi connectivity index (χ3n) is 2.98. The number of morpholine rings is 1. The summed E-state index contributed by atoms with van der Waals surface area (Å²) < 4.78 is 40.8. The molecule has 118 valence electrons. The molecule has 0 spiro atoms. The maximum atomic E-state index is 12.2. The summed E-state index contributed by atoms with van der Waals surface area (Å²) in [7, 11) is 0. The van der Waals surface area contributed by atoms with Crippen molar-refractivity contribution in [3.63, 3.8) is 0 Å². The normalized spacial score (nSPS) is 18.5. The van der Waals surface area contributed by atoms with Crippen LogP contribution < -0.4 is 0 Å². The number of esters is 1. The lowest BCUT2D eigenvalue weighted by Crippen LogP contribution is -2.44. The number of hydrogen-bond donors (Lipinski definition) is 0. The van der Waals surface area contributed by atoms with E-state index in [1.807, 2.05) is 0 Å². The highest BCUT2D eigenvalue weighted by Crippen LogP contribution is 2.05. The zero-order valence-electron chi connectivity index (χ0n) is 15.9. The summed E-state index contributed by atoms with van der Waals surface area (Å²) in [6.45, 7) is 0.327. The van der Waals surface area contributed by atoms with E-state index in [2.05, 4.69) is 0 Å². The maximum absolute atomic E-state index is 12.2. The topological polar surface area (TPSA) is 72.9 Å². The number of amides is 1. The van der Waals surface area contributed by atoms with Crippen molar-refractivity contribution in [2.45, 2.75) is 19.4 Å². The fourth-order valence-electron chi connectivity index (χ4n) is 1.83. The first-order chi connectivity index (χ1) is 12.2. The quantitative estimate of drug-likeness (QED) is 0.444. The third-order valence-corrected chi connectivity index (χ3v) is 2.98. The van der Waals surface area contributed by atoms with Crippen LogP contribution in [-0.4, -0.2) is 48.9 Å². The Hall–Kier alpha value is -2.21. The summed E-state index contributed by atoms with van der Waals surface area (Å²) in [6.07, 6.45) is -6.68. The molecule has 1 aliphatic heterocycles. The molecule has 0 bridgehead atoms. The zero-order valence-corrected chi connectivity index (χ0v) is 11.9. The SMILES string of the molecule is [2H]C([2H])(C(=O)OCc1ccccc1)C([2H])([2H])C(=O)[13C](=O)N1CCOCC1. The number of nitrogens with zero attached hydrogens (tertiary/aromatic N) is 1. The van der Waals surface area contributed by atoms with Gasteiger partial charge in [0, 0.05) is 24.9 Å². The van der Waals surface area contributed by atoms with Crippen LogP contribution in [0.15, 0.2) is 30.3 Å². The highest BCUT2D eigenvalue weighted by atomic mass is 16.5. The zero-order chi connectivity index (χ0) is 19.4. The molecule has 1 aromatic rings. The van der Waals surface area contributed by atoms with Gasteiger partial charge in [-0.05, 0) is 5.56 Å². The Labute approximate surface area is 134 Å². The Kier molecular flexibility index (Phi) is 4.28. The molecule has 0 N–H and O–H groups in total. The number of carbonyl (C=O) groups excluding carboxylic acids is 3. The van der Waals surface area contributed by atoms with Crippen LogP contribution in [0.2, 0.25) is 0 Å². The molecule has 2 rings (SSSR count). The Morgan fingerprint density at radius 1 is 1.14 bits per heavy atom. The number of Topliss-reactive ketones (excluding diaryl/α,β-unsaturated/α-hetero) is 1. The number of rotatable bonds is 6. The molecule has 0 radical (unpaired) electrons. The molecule has 1 aromatic carbocycles. The van der Waals surface area contributed by atoms with Gasteiger partial charge in [0.1, 0.15) is 6.61 Å². The van der Waals surface area contributed by atoms with Gasteiger partial charge in [-0.2, -0.15) is 0 Å². The van der Waals surface area contributed by atoms with Gasteiger partial charge >= 0.3 is 5.97 Å². The minimum atomic E-state index is -3.36. The Balaban J connectivity index is 2.07. The van der Waals surface area contributed by atoms with Gasteiger partial charge in [-0.25, -0.2) is 0 Å². The highest BCUT2D eigenvalue weighted by molar-refractivity contribution is 6.36. The maximum Gasteiger partial charge on any atom is 0.306 e. The Morgan fingerprint density at radius 3 is 2.50 bits per heavy atom. The summed E-state index contributed by atoms with van der Waals surface area (Å²) in [5.41, 5.74) is 0.577. The highest BCUT2D eigenvalue weighted by Gasteiger charge is 2.23. The Morgan fingerprint density at radius 2 is 1.82 bits per heavy atom. The van der Waals surface area contributed by atoms with Crippen LogP contribution in [0.1, 0.15) is 23.8 Å². The lowest BCUT2D eigenvalue weighted by molar-refractivity contribution is -0.150. The van der Waals surface area contributed by atoms with Crippen molar-refractivity contribution in [3.05, 3.63) is 35.9 Å². The van der Waals surface area contributed by atoms with E-state index in [4.69, 9.17) is 15.0 Å². The second kappa shape index (κ2) is 8.29. The van der Waals surface area contributed by atoms with Gasteiger partial charge in [0.15, 0.2) is 0 Å². The van der Waals surface area contributed by atoms with E-state index in [0.29, 0.717) is 5.56 Å². The average molecular weight is 310 g/mol. The molecule has 0 saturated carbocycles. The first kappa shape index (κ1) is 11.4. The molecule has 6 heteroatoms. The van der Waals surface area contributed by atoms with Crippen molar-refractivity contribution >= 4 is 17.7 Å². The van der Waals surface area contributed by atoms with E-state index in [1.54, 1.807) is 30.3 Å². The fourth-order valence-corrected chi connectivity index (χ4v) is 1.83. The van der Waals surface area contributed by atoms with E-state index < -0.39 is 30.4 Å². The van der Waals surface area contributed by atoms with Gasteiger partial charge in [0.2, 0.25) is 5.78 Å². The van der Waals surface area contributed by atoms with E-state index in [0.717, 1.165) is 4.90 Å². The van der Waals surface area contributed by atoms with Gasteiger partial charge in [-0.1, -0.05) is 30.3 Å². The largest absolute Gasteiger partial charge is 0.461 e.